The predicted octanol–water partition coefficient (Wildman–Crippen LogP) is 3.10. The number of ether oxygens (including phenoxy) is 1. The average Bonchev–Trinajstić information content (AvgIpc) is 2.36. The molecule has 1 aromatic rings. The Morgan fingerprint density at radius 3 is 2.16 bits per heavy atom. The number of carbonyl (C=O) groups excluding carboxylic acids is 2. The van der Waals surface area contributed by atoms with Crippen LogP contribution in [0.4, 0.5) is 13.2 Å². The van der Waals surface area contributed by atoms with Crippen molar-refractivity contribution < 1.29 is 27.5 Å². The molecule has 3 nitrogen and oxygen atoms in total. The van der Waals surface area contributed by atoms with Gasteiger partial charge in [-0.2, -0.15) is 13.2 Å². The summed E-state index contributed by atoms with van der Waals surface area (Å²) in [6.07, 6.45) is -5.42. The van der Waals surface area contributed by atoms with Gasteiger partial charge < -0.3 is 4.74 Å². The largest absolute Gasteiger partial charge is 0.465 e. The van der Waals surface area contributed by atoms with Crippen molar-refractivity contribution in [3.8, 4) is 0 Å². The second-order valence-electron chi connectivity index (χ2n) is 4.14. The summed E-state index contributed by atoms with van der Waals surface area (Å²) in [5, 5.41) is 0. The van der Waals surface area contributed by atoms with E-state index < -0.39 is 30.3 Å². The normalized spacial score (nSPS) is 12.9. The molecule has 0 saturated carbocycles. The first kappa shape index (κ1) is 15.2. The van der Waals surface area contributed by atoms with E-state index in [1.54, 1.807) is 0 Å². The Bertz CT molecular complexity index is 463. The lowest BCUT2D eigenvalue weighted by Crippen LogP contribution is -2.24. The molecule has 0 aliphatic rings. The van der Waals surface area contributed by atoms with Gasteiger partial charge in [0.1, 0.15) is 0 Å². The fourth-order valence-corrected chi connectivity index (χ4v) is 1.58. The molecule has 0 aliphatic heterocycles. The van der Waals surface area contributed by atoms with Crippen molar-refractivity contribution in [1.82, 2.24) is 0 Å². The van der Waals surface area contributed by atoms with Gasteiger partial charge in [-0.1, -0.05) is 19.1 Å². The molecule has 0 radical (unpaired) electrons. The second kappa shape index (κ2) is 5.86. The summed E-state index contributed by atoms with van der Waals surface area (Å²) in [6.45, 7) is 1.52. The summed E-state index contributed by atoms with van der Waals surface area (Å²) in [5.41, 5.74) is 0.867. The maximum atomic E-state index is 12.1. The number of Topliss-reactive ketones (excluding diaryl/α,β-unsaturated/α-hetero) is 1. The minimum atomic E-state index is -4.81. The molecule has 0 fully saturated rings. The van der Waals surface area contributed by atoms with Crippen molar-refractivity contribution >= 4 is 11.8 Å². The predicted molar refractivity (Wildman–Crippen MR) is 61.9 cm³/mol. The Morgan fingerprint density at radius 2 is 1.74 bits per heavy atom. The van der Waals surface area contributed by atoms with E-state index in [2.05, 4.69) is 4.74 Å². The number of carbonyl (C=O) groups is 2. The smallest absolute Gasteiger partial charge is 0.449 e. The fourth-order valence-electron chi connectivity index (χ4n) is 1.58. The third kappa shape index (κ3) is 4.08. The topological polar surface area (TPSA) is 43.4 Å². The van der Waals surface area contributed by atoms with Gasteiger partial charge in [-0.05, 0) is 23.6 Å². The Balaban J connectivity index is 2.76. The highest BCUT2D eigenvalue weighted by molar-refractivity contribution is 5.89. The van der Waals surface area contributed by atoms with Gasteiger partial charge >= 0.3 is 12.1 Å². The van der Waals surface area contributed by atoms with Crippen LogP contribution in [0.1, 0.15) is 35.2 Å². The molecule has 1 rings (SSSR count). The van der Waals surface area contributed by atoms with Crippen LogP contribution in [-0.2, 0) is 9.53 Å². The van der Waals surface area contributed by atoms with E-state index >= 15 is 0 Å². The van der Waals surface area contributed by atoms with Crippen molar-refractivity contribution in [1.29, 1.82) is 0 Å². The zero-order chi connectivity index (χ0) is 14.6. The van der Waals surface area contributed by atoms with E-state index in [-0.39, 0.29) is 0 Å². The molecule has 0 amide bonds. The van der Waals surface area contributed by atoms with Crippen molar-refractivity contribution in [2.45, 2.75) is 25.4 Å². The first-order valence-electron chi connectivity index (χ1n) is 5.54. The molecular formula is C13H13F3O3. The number of halogens is 3. The van der Waals surface area contributed by atoms with E-state index in [0.717, 1.165) is 0 Å². The number of alkyl halides is 3. The lowest BCUT2D eigenvalue weighted by atomic mass is 9.95. The highest BCUT2D eigenvalue weighted by Gasteiger charge is 2.38. The van der Waals surface area contributed by atoms with Crippen LogP contribution >= 0.6 is 0 Å². The first-order chi connectivity index (χ1) is 8.75. The highest BCUT2D eigenvalue weighted by Crippen LogP contribution is 2.26. The molecule has 1 atom stereocenters. The van der Waals surface area contributed by atoms with Crippen LogP contribution in [-0.4, -0.2) is 25.0 Å². The number of ketones is 1. The van der Waals surface area contributed by atoms with Crippen LogP contribution < -0.4 is 0 Å². The van der Waals surface area contributed by atoms with Gasteiger partial charge in [0.15, 0.2) is 0 Å². The molecule has 0 unspecified atom stereocenters. The minimum Gasteiger partial charge on any atom is -0.465 e. The van der Waals surface area contributed by atoms with Crippen LogP contribution in [0, 0.1) is 0 Å². The molecule has 0 heterocycles. The Kier molecular flexibility index (Phi) is 4.69. The number of rotatable bonds is 4. The molecule has 1 aromatic carbocycles. The molecule has 0 aromatic heterocycles. The van der Waals surface area contributed by atoms with E-state index in [1.165, 1.54) is 38.3 Å². The van der Waals surface area contributed by atoms with Crippen molar-refractivity contribution in [3.05, 3.63) is 35.4 Å². The number of hydrogen-bond donors (Lipinski definition) is 0. The quantitative estimate of drug-likeness (QED) is 0.792. The summed E-state index contributed by atoms with van der Waals surface area (Å²) in [7, 11) is 1.24. The molecule has 0 bridgehead atoms. The Hall–Kier alpha value is -1.85. The van der Waals surface area contributed by atoms with Gasteiger partial charge in [-0.25, -0.2) is 4.79 Å². The highest BCUT2D eigenvalue weighted by atomic mass is 19.4. The lowest BCUT2D eigenvalue weighted by Gasteiger charge is -2.12. The number of esters is 1. The minimum absolute atomic E-state index is 0.306. The van der Waals surface area contributed by atoms with Crippen LogP contribution in [0.15, 0.2) is 24.3 Å². The Morgan fingerprint density at radius 1 is 1.21 bits per heavy atom. The number of benzene rings is 1. The molecule has 104 valence electrons. The third-order valence-corrected chi connectivity index (χ3v) is 2.71. The first-order valence-corrected chi connectivity index (χ1v) is 5.54. The van der Waals surface area contributed by atoms with Gasteiger partial charge in [-0.15, -0.1) is 0 Å². The average molecular weight is 274 g/mol. The van der Waals surface area contributed by atoms with Crippen LogP contribution in [0.2, 0.25) is 0 Å². The fraction of sp³-hybridized carbons (Fsp3) is 0.385. The third-order valence-electron chi connectivity index (χ3n) is 2.71. The number of hydrogen-bond acceptors (Lipinski definition) is 3. The van der Waals surface area contributed by atoms with Crippen LogP contribution in [0.25, 0.3) is 0 Å². The molecule has 0 aliphatic carbocycles. The monoisotopic (exact) mass is 274 g/mol. The molecule has 0 saturated heterocycles. The molecular weight excluding hydrogens is 261 g/mol. The van der Waals surface area contributed by atoms with Crippen LogP contribution in [0.3, 0.4) is 0 Å². The molecule has 19 heavy (non-hydrogen) atoms. The maximum Gasteiger partial charge on any atom is 0.449 e. The van der Waals surface area contributed by atoms with E-state index in [9.17, 15) is 22.8 Å². The maximum absolute atomic E-state index is 12.1. The summed E-state index contributed by atoms with van der Waals surface area (Å²) >= 11 is 0. The van der Waals surface area contributed by atoms with Crippen molar-refractivity contribution in [3.63, 3.8) is 0 Å². The summed E-state index contributed by atoms with van der Waals surface area (Å²) in [6, 6.07) is 5.94. The summed E-state index contributed by atoms with van der Waals surface area (Å²) < 4.78 is 40.9. The van der Waals surface area contributed by atoms with Gasteiger partial charge in [0, 0.05) is 6.42 Å². The SMILES string of the molecule is COC(=O)c1ccc([C@H](C)CC(=O)C(F)(F)F)cc1. The molecule has 0 N–H and O–H groups in total. The van der Waals surface area contributed by atoms with Gasteiger partial charge in [0.2, 0.25) is 5.78 Å². The van der Waals surface area contributed by atoms with Crippen molar-refractivity contribution in [2.75, 3.05) is 7.11 Å². The van der Waals surface area contributed by atoms with Gasteiger partial charge in [0.25, 0.3) is 0 Å². The van der Waals surface area contributed by atoms with Gasteiger partial charge in [0.05, 0.1) is 12.7 Å². The van der Waals surface area contributed by atoms with Crippen LogP contribution in [0.5, 0.6) is 0 Å². The molecule has 6 heteroatoms. The van der Waals surface area contributed by atoms with E-state index in [0.29, 0.717) is 11.1 Å². The summed E-state index contributed by atoms with van der Waals surface area (Å²) in [5.74, 6) is -2.84. The zero-order valence-corrected chi connectivity index (χ0v) is 10.5. The van der Waals surface area contributed by atoms with Gasteiger partial charge in [-0.3, -0.25) is 4.79 Å². The van der Waals surface area contributed by atoms with E-state index in [4.69, 9.17) is 0 Å². The second-order valence-corrected chi connectivity index (χ2v) is 4.14. The summed E-state index contributed by atoms with van der Waals surface area (Å²) in [4.78, 5) is 22.0. The zero-order valence-electron chi connectivity index (χ0n) is 10.5. The molecule has 0 spiro atoms. The van der Waals surface area contributed by atoms with E-state index in [1.807, 2.05) is 0 Å². The standard InChI is InChI=1S/C13H13F3O3/c1-8(7-11(17)13(14,15)16)9-3-5-10(6-4-9)12(18)19-2/h3-6,8H,7H2,1-2H3/t8-/m1/s1. The number of methoxy groups -OCH3 is 1. The lowest BCUT2D eigenvalue weighted by molar-refractivity contribution is -0.171. The Labute approximate surface area is 108 Å². The van der Waals surface area contributed by atoms with Crippen molar-refractivity contribution in [2.24, 2.45) is 0 Å².